The second-order valence-corrected chi connectivity index (χ2v) is 5.73. The van der Waals surface area contributed by atoms with E-state index in [-0.39, 0.29) is 23.0 Å². The summed E-state index contributed by atoms with van der Waals surface area (Å²) in [5, 5.41) is 6.02. The van der Waals surface area contributed by atoms with Gasteiger partial charge in [0.15, 0.2) is 0 Å². The number of carbonyl (C=O) groups is 1. The van der Waals surface area contributed by atoms with Gasteiger partial charge in [-0.3, -0.25) is 4.79 Å². The third-order valence-corrected chi connectivity index (χ3v) is 4.47. The van der Waals surface area contributed by atoms with Crippen molar-refractivity contribution in [3.05, 3.63) is 24.3 Å². The number of para-hydroxylation sites is 2. The molecular weight excluding hydrogens is 278 g/mol. The quantitative estimate of drug-likeness (QED) is 0.898. The maximum Gasteiger partial charge on any atom is 0.387 e. The maximum absolute atomic E-state index is 12.4. The fourth-order valence-electron chi connectivity index (χ4n) is 3.18. The lowest BCUT2D eigenvalue weighted by molar-refractivity contribution is -0.118. The molecule has 2 aliphatic rings. The summed E-state index contributed by atoms with van der Waals surface area (Å²) in [6.45, 7) is -1.02. The summed E-state index contributed by atoms with van der Waals surface area (Å²) in [6.07, 6.45) is 2.89. The van der Waals surface area contributed by atoms with Gasteiger partial charge in [0.05, 0.1) is 5.69 Å². The smallest absolute Gasteiger partial charge is 0.387 e. The van der Waals surface area contributed by atoms with E-state index in [1.165, 1.54) is 6.07 Å². The van der Waals surface area contributed by atoms with Crippen molar-refractivity contribution < 1.29 is 18.3 Å². The van der Waals surface area contributed by atoms with Gasteiger partial charge in [0.1, 0.15) is 5.75 Å². The average Bonchev–Trinajstić information content (AvgIpc) is 3.15. The Labute approximate surface area is 121 Å². The van der Waals surface area contributed by atoms with Gasteiger partial charge >= 0.3 is 6.61 Å². The molecule has 1 spiro atoms. The zero-order valence-electron chi connectivity index (χ0n) is 11.6. The van der Waals surface area contributed by atoms with Crippen molar-refractivity contribution in [1.82, 2.24) is 5.32 Å². The molecule has 1 aliphatic heterocycles. The lowest BCUT2D eigenvalue weighted by Crippen LogP contribution is -2.31. The van der Waals surface area contributed by atoms with Gasteiger partial charge in [0.2, 0.25) is 5.91 Å². The molecule has 0 bridgehead atoms. The van der Waals surface area contributed by atoms with Gasteiger partial charge in [-0.15, -0.1) is 0 Å². The minimum atomic E-state index is -2.90. The van der Waals surface area contributed by atoms with Crippen molar-refractivity contribution in [3.63, 3.8) is 0 Å². The van der Waals surface area contributed by atoms with Crippen molar-refractivity contribution in [2.45, 2.75) is 25.9 Å². The number of rotatable bonds is 4. The number of hydrogen-bond donors (Lipinski definition) is 2. The van der Waals surface area contributed by atoms with Gasteiger partial charge in [-0.1, -0.05) is 12.1 Å². The predicted octanol–water partition coefficient (Wildman–Crippen LogP) is 2.62. The molecule has 3 rings (SSSR count). The Balaban J connectivity index is 1.66. The molecular formula is C15H18F2N2O2. The topological polar surface area (TPSA) is 50.4 Å². The summed E-state index contributed by atoms with van der Waals surface area (Å²) < 4.78 is 29.1. The first kappa shape index (κ1) is 14.3. The molecule has 1 aromatic carbocycles. The van der Waals surface area contributed by atoms with Crippen LogP contribution in [0.15, 0.2) is 24.3 Å². The molecule has 1 heterocycles. The Morgan fingerprint density at radius 3 is 2.76 bits per heavy atom. The minimum Gasteiger partial charge on any atom is -0.433 e. The third kappa shape index (κ3) is 3.00. The summed E-state index contributed by atoms with van der Waals surface area (Å²) in [5.41, 5.74) is 0.423. The second kappa shape index (κ2) is 5.60. The van der Waals surface area contributed by atoms with Gasteiger partial charge in [0.25, 0.3) is 0 Å². The monoisotopic (exact) mass is 296 g/mol. The maximum atomic E-state index is 12.4. The number of anilines is 1. The number of benzene rings is 1. The van der Waals surface area contributed by atoms with Crippen LogP contribution < -0.4 is 15.4 Å². The lowest BCUT2D eigenvalue weighted by Gasteiger charge is -2.23. The van der Waals surface area contributed by atoms with Gasteiger partial charge in [-0.2, -0.15) is 8.78 Å². The van der Waals surface area contributed by atoms with E-state index in [2.05, 4.69) is 15.4 Å². The number of amides is 1. The van der Waals surface area contributed by atoms with Crippen molar-refractivity contribution in [1.29, 1.82) is 0 Å². The summed E-state index contributed by atoms with van der Waals surface area (Å²) in [7, 11) is 0. The molecule has 0 radical (unpaired) electrons. The van der Waals surface area contributed by atoms with Gasteiger partial charge in [-0.05, 0) is 49.9 Å². The van der Waals surface area contributed by atoms with Crippen LogP contribution in [0.5, 0.6) is 5.75 Å². The zero-order valence-corrected chi connectivity index (χ0v) is 11.6. The molecule has 1 saturated carbocycles. The number of piperidine rings is 1. The standard InChI is InChI=1S/C15H18F2N2O2/c16-14(17)21-12-4-2-1-3-11(12)19-13(20)10-9-15(10)5-7-18-8-6-15/h1-4,10,14,18H,5-9H2,(H,19,20). The Morgan fingerprint density at radius 1 is 1.33 bits per heavy atom. The molecule has 1 saturated heterocycles. The fraction of sp³-hybridized carbons (Fsp3) is 0.533. The summed E-state index contributed by atoms with van der Waals surface area (Å²) in [4.78, 5) is 12.3. The fourth-order valence-corrected chi connectivity index (χ4v) is 3.18. The van der Waals surface area contributed by atoms with Gasteiger partial charge < -0.3 is 15.4 Å². The van der Waals surface area contributed by atoms with E-state index in [4.69, 9.17) is 0 Å². The molecule has 21 heavy (non-hydrogen) atoms. The molecule has 1 aromatic rings. The molecule has 2 N–H and O–H groups in total. The highest BCUT2D eigenvalue weighted by Gasteiger charge is 2.57. The van der Waals surface area contributed by atoms with Gasteiger partial charge in [0, 0.05) is 5.92 Å². The van der Waals surface area contributed by atoms with Crippen molar-refractivity contribution in [3.8, 4) is 5.75 Å². The third-order valence-electron chi connectivity index (χ3n) is 4.47. The van der Waals surface area contributed by atoms with Crippen molar-refractivity contribution in [2.75, 3.05) is 18.4 Å². The highest BCUT2D eigenvalue weighted by Crippen LogP contribution is 2.58. The van der Waals surface area contributed by atoms with Crippen molar-refractivity contribution in [2.24, 2.45) is 11.3 Å². The molecule has 1 unspecified atom stereocenters. The summed E-state index contributed by atoms with van der Waals surface area (Å²) in [6, 6.07) is 6.28. The van der Waals surface area contributed by atoms with E-state index < -0.39 is 6.61 Å². The summed E-state index contributed by atoms with van der Waals surface area (Å²) >= 11 is 0. The van der Waals surface area contributed by atoms with Crippen LogP contribution in [-0.2, 0) is 4.79 Å². The van der Waals surface area contributed by atoms with E-state index in [1.54, 1.807) is 18.2 Å². The van der Waals surface area contributed by atoms with E-state index in [9.17, 15) is 13.6 Å². The Kier molecular flexibility index (Phi) is 3.80. The number of alkyl halides is 2. The van der Waals surface area contributed by atoms with Crippen LogP contribution in [0.25, 0.3) is 0 Å². The molecule has 1 amide bonds. The number of carbonyl (C=O) groups excluding carboxylic acids is 1. The van der Waals surface area contributed by atoms with Crippen LogP contribution >= 0.6 is 0 Å². The van der Waals surface area contributed by atoms with E-state index in [0.29, 0.717) is 5.69 Å². The first-order valence-electron chi connectivity index (χ1n) is 7.16. The first-order chi connectivity index (χ1) is 10.1. The SMILES string of the molecule is O=C(Nc1ccccc1OC(F)F)C1CC12CCNCC2. The number of halogens is 2. The van der Waals surface area contributed by atoms with Crippen molar-refractivity contribution >= 4 is 11.6 Å². The Morgan fingerprint density at radius 2 is 2.05 bits per heavy atom. The molecule has 1 atom stereocenters. The predicted molar refractivity (Wildman–Crippen MR) is 74.3 cm³/mol. The van der Waals surface area contributed by atoms with Crippen LogP contribution in [0.1, 0.15) is 19.3 Å². The highest BCUT2D eigenvalue weighted by atomic mass is 19.3. The normalized spacial score (nSPS) is 23.1. The molecule has 2 fully saturated rings. The first-order valence-corrected chi connectivity index (χ1v) is 7.16. The van der Waals surface area contributed by atoms with E-state index in [0.717, 1.165) is 32.4 Å². The van der Waals surface area contributed by atoms with Gasteiger partial charge in [-0.25, -0.2) is 0 Å². The van der Waals surface area contributed by atoms with E-state index in [1.807, 2.05) is 0 Å². The minimum absolute atomic E-state index is 0.000797. The average molecular weight is 296 g/mol. The highest BCUT2D eigenvalue weighted by molar-refractivity contribution is 5.96. The Hall–Kier alpha value is -1.69. The zero-order chi connectivity index (χ0) is 14.9. The largest absolute Gasteiger partial charge is 0.433 e. The molecule has 4 nitrogen and oxygen atoms in total. The van der Waals surface area contributed by atoms with Crippen LogP contribution in [-0.4, -0.2) is 25.6 Å². The number of hydrogen-bond acceptors (Lipinski definition) is 3. The molecule has 0 aromatic heterocycles. The Bertz CT molecular complexity index is 530. The summed E-state index contributed by atoms with van der Waals surface area (Å²) in [5.74, 6) is -0.109. The molecule has 1 aliphatic carbocycles. The lowest BCUT2D eigenvalue weighted by atomic mass is 9.92. The number of ether oxygens (including phenoxy) is 1. The number of nitrogens with one attached hydrogen (secondary N) is 2. The molecule has 114 valence electrons. The van der Waals surface area contributed by atoms with Crippen LogP contribution in [0.3, 0.4) is 0 Å². The van der Waals surface area contributed by atoms with Crippen LogP contribution in [0.2, 0.25) is 0 Å². The van der Waals surface area contributed by atoms with E-state index >= 15 is 0 Å². The molecule has 6 heteroatoms. The van der Waals surface area contributed by atoms with Crippen LogP contribution in [0.4, 0.5) is 14.5 Å². The van der Waals surface area contributed by atoms with Crippen LogP contribution in [0, 0.1) is 11.3 Å². The second-order valence-electron chi connectivity index (χ2n) is 5.73.